The molecule has 0 unspecified atom stereocenters. The van der Waals surface area contributed by atoms with Crippen LogP contribution in [-0.4, -0.2) is 115 Å². The first kappa shape index (κ1) is 26.3. The zero-order valence-corrected chi connectivity index (χ0v) is 17.0. The number of anilines is 1. The number of aliphatic hydroxyl groups excluding tert-OH is 8. The highest BCUT2D eigenvalue weighted by Gasteiger charge is 2.47. The van der Waals surface area contributed by atoms with E-state index in [-0.39, 0.29) is 0 Å². The van der Waals surface area contributed by atoms with E-state index in [9.17, 15) is 45.6 Å². The predicted octanol–water partition coefficient (Wildman–Crippen LogP) is -3.47. The second-order valence-electron chi connectivity index (χ2n) is 7.30. The van der Waals surface area contributed by atoms with E-state index >= 15 is 0 Å². The third-order valence-electron chi connectivity index (χ3n) is 5.05. The average Bonchev–Trinajstić information content (AvgIpc) is 2.81. The molecule has 1 saturated heterocycles. The molecule has 1 aliphatic rings. The Balaban J connectivity index is 2.12. The highest BCUT2D eigenvalue weighted by molar-refractivity contribution is 5.94. The Morgan fingerprint density at radius 3 is 2.25 bits per heavy atom. The molecule has 0 radical (unpaired) electrons. The lowest BCUT2D eigenvalue weighted by Gasteiger charge is -2.42. The number of benzene rings is 1. The molecule has 9 atom stereocenters. The maximum atomic E-state index is 12.3. The van der Waals surface area contributed by atoms with Crippen LogP contribution in [0.3, 0.4) is 0 Å². The van der Waals surface area contributed by atoms with Gasteiger partial charge in [0.25, 0.3) is 5.91 Å². The van der Waals surface area contributed by atoms with Crippen LogP contribution in [0.1, 0.15) is 5.56 Å². The van der Waals surface area contributed by atoms with E-state index in [1.165, 1.54) is 12.1 Å². The van der Waals surface area contributed by atoms with Gasteiger partial charge >= 0.3 is 0 Å². The molecule has 180 valence electrons. The lowest BCUT2D eigenvalue weighted by molar-refractivity contribution is -0.326. The normalized spacial score (nSPS) is 29.6. The van der Waals surface area contributed by atoms with Crippen LogP contribution in [0.5, 0.6) is 0 Å². The van der Waals surface area contributed by atoms with E-state index in [2.05, 4.69) is 11.9 Å². The maximum Gasteiger partial charge on any atom is 0.256 e. The van der Waals surface area contributed by atoms with E-state index in [1.807, 2.05) is 0 Å². The molecule has 12 nitrogen and oxygen atoms in total. The van der Waals surface area contributed by atoms with Gasteiger partial charge in [0.2, 0.25) is 0 Å². The highest BCUT2D eigenvalue weighted by atomic mass is 16.7. The van der Waals surface area contributed by atoms with Crippen molar-refractivity contribution in [2.75, 3.05) is 18.5 Å². The van der Waals surface area contributed by atoms with Crippen LogP contribution in [0.4, 0.5) is 5.69 Å². The molecule has 2 rings (SSSR count). The summed E-state index contributed by atoms with van der Waals surface area (Å²) in [6.07, 6.45) is -14.9. The monoisotopic (exact) mass is 459 g/mol. The van der Waals surface area contributed by atoms with Gasteiger partial charge in [0.05, 0.1) is 13.2 Å². The van der Waals surface area contributed by atoms with Gasteiger partial charge in [0.1, 0.15) is 42.7 Å². The van der Waals surface area contributed by atoms with Gasteiger partial charge in [-0.1, -0.05) is 24.8 Å². The molecule has 9 N–H and O–H groups in total. The second kappa shape index (κ2) is 11.8. The molecule has 32 heavy (non-hydrogen) atoms. The number of carbonyl (C=O) groups is 1. The molecule has 0 saturated carbocycles. The Morgan fingerprint density at radius 2 is 1.72 bits per heavy atom. The van der Waals surface area contributed by atoms with Gasteiger partial charge < -0.3 is 55.6 Å². The van der Waals surface area contributed by atoms with Gasteiger partial charge in [-0.3, -0.25) is 4.79 Å². The molecule has 0 aromatic heterocycles. The van der Waals surface area contributed by atoms with Crippen LogP contribution >= 0.6 is 0 Å². The second-order valence-corrected chi connectivity index (χ2v) is 7.30. The number of hydrogen-bond donors (Lipinski definition) is 9. The van der Waals surface area contributed by atoms with E-state index in [0.29, 0.717) is 5.69 Å². The van der Waals surface area contributed by atoms with Crippen LogP contribution < -0.4 is 5.32 Å². The summed E-state index contributed by atoms with van der Waals surface area (Å²) in [7, 11) is 0. The van der Waals surface area contributed by atoms with Crippen molar-refractivity contribution in [3.8, 4) is 0 Å². The zero-order chi connectivity index (χ0) is 24.0. The lowest BCUT2D eigenvalue weighted by atomic mass is 9.98. The molecule has 12 heteroatoms. The van der Waals surface area contributed by atoms with Crippen molar-refractivity contribution in [2.24, 2.45) is 0 Å². The molecule has 1 aromatic carbocycles. The minimum atomic E-state index is -2.15. The molecule has 1 aliphatic heterocycles. The summed E-state index contributed by atoms with van der Waals surface area (Å²) in [6, 6.07) is 6.34. The van der Waals surface area contributed by atoms with Crippen LogP contribution in [0.25, 0.3) is 6.08 Å². The van der Waals surface area contributed by atoms with Crippen molar-refractivity contribution in [3.05, 3.63) is 36.4 Å². The van der Waals surface area contributed by atoms with Crippen molar-refractivity contribution >= 4 is 17.7 Å². The minimum Gasteiger partial charge on any atom is -0.394 e. The molecule has 1 amide bonds. The first-order valence-electron chi connectivity index (χ1n) is 9.79. The molecule has 1 fully saturated rings. The van der Waals surface area contributed by atoms with Crippen LogP contribution in [0.15, 0.2) is 30.8 Å². The number of aliphatic hydroxyl groups is 8. The molecule has 0 aliphatic carbocycles. The fourth-order valence-corrected chi connectivity index (χ4v) is 3.09. The molecule has 1 aromatic rings. The third kappa shape index (κ3) is 6.08. The highest BCUT2D eigenvalue weighted by Crippen LogP contribution is 2.25. The quantitative estimate of drug-likeness (QED) is 0.168. The third-order valence-corrected chi connectivity index (χ3v) is 5.05. The summed E-state index contributed by atoms with van der Waals surface area (Å²) < 4.78 is 10.4. The van der Waals surface area contributed by atoms with Gasteiger partial charge in [-0.2, -0.15) is 0 Å². The molecule has 0 bridgehead atoms. The molecule has 1 heterocycles. The van der Waals surface area contributed by atoms with Crippen molar-refractivity contribution in [1.82, 2.24) is 0 Å². The Bertz CT molecular complexity index is 744. The van der Waals surface area contributed by atoms with E-state index in [0.717, 1.165) is 5.56 Å². The van der Waals surface area contributed by atoms with Crippen molar-refractivity contribution in [1.29, 1.82) is 0 Å². The van der Waals surface area contributed by atoms with Crippen molar-refractivity contribution in [3.63, 3.8) is 0 Å². The van der Waals surface area contributed by atoms with Crippen molar-refractivity contribution in [2.45, 2.75) is 55.1 Å². The summed E-state index contributed by atoms with van der Waals surface area (Å²) in [5.41, 5.74) is 1.07. The summed E-state index contributed by atoms with van der Waals surface area (Å²) in [5, 5.41) is 81.4. The molecular formula is C20H29NO11. The summed E-state index contributed by atoms with van der Waals surface area (Å²) >= 11 is 0. The first-order valence-corrected chi connectivity index (χ1v) is 9.79. The SMILES string of the molecule is C=Cc1ccc(NC(=O)[C@H](O)[C@@H](O)[C@H](O[C@@H]2O[C@H](CO)[C@H](O)[C@H](O)[C@H]2O)[C@H](O)CO)cc1. The zero-order valence-electron chi connectivity index (χ0n) is 17.0. The van der Waals surface area contributed by atoms with Crippen molar-refractivity contribution < 1.29 is 55.1 Å². The number of amides is 1. The van der Waals surface area contributed by atoms with Gasteiger partial charge in [-0.05, 0) is 17.7 Å². The average molecular weight is 459 g/mol. The largest absolute Gasteiger partial charge is 0.394 e. The topological polar surface area (TPSA) is 209 Å². The Kier molecular flexibility index (Phi) is 9.66. The van der Waals surface area contributed by atoms with Gasteiger partial charge in [0, 0.05) is 5.69 Å². The summed E-state index contributed by atoms with van der Waals surface area (Å²) in [5.74, 6) is -1.06. The predicted molar refractivity (Wildman–Crippen MR) is 109 cm³/mol. The van der Waals surface area contributed by atoms with E-state index < -0.39 is 74.2 Å². The molecule has 0 spiro atoms. The lowest BCUT2D eigenvalue weighted by Crippen LogP contribution is -2.62. The van der Waals surface area contributed by atoms with Gasteiger partial charge in [0.15, 0.2) is 12.4 Å². The fourth-order valence-electron chi connectivity index (χ4n) is 3.09. The Morgan fingerprint density at radius 1 is 1.09 bits per heavy atom. The number of ether oxygens (including phenoxy) is 2. The number of carbonyl (C=O) groups excluding carboxylic acids is 1. The first-order chi connectivity index (χ1) is 15.1. The maximum absolute atomic E-state index is 12.3. The van der Waals surface area contributed by atoms with Crippen LogP contribution in [-0.2, 0) is 14.3 Å². The van der Waals surface area contributed by atoms with Gasteiger partial charge in [-0.15, -0.1) is 0 Å². The van der Waals surface area contributed by atoms with E-state index in [1.54, 1.807) is 18.2 Å². The number of hydrogen-bond acceptors (Lipinski definition) is 11. The molecular weight excluding hydrogens is 430 g/mol. The fraction of sp³-hybridized carbons (Fsp3) is 0.550. The Labute approximate surface area is 183 Å². The smallest absolute Gasteiger partial charge is 0.256 e. The van der Waals surface area contributed by atoms with Crippen LogP contribution in [0.2, 0.25) is 0 Å². The summed E-state index contributed by atoms with van der Waals surface area (Å²) in [6.45, 7) is 1.88. The number of nitrogens with one attached hydrogen (secondary N) is 1. The minimum absolute atomic E-state index is 0.293. The summed E-state index contributed by atoms with van der Waals surface area (Å²) in [4.78, 5) is 12.3. The number of rotatable bonds is 10. The van der Waals surface area contributed by atoms with E-state index in [4.69, 9.17) is 9.47 Å². The standard InChI is InChI=1S/C20H29NO11/c1-2-9-3-5-10(6-4-9)21-19(30)16(28)15(27)18(11(24)7-22)32-20-17(29)14(26)13(25)12(8-23)31-20/h2-6,11-18,20,22-29H,1,7-8H2,(H,21,30)/t11-,12-,13+,14+,15-,16-,17-,18-,20+/m1/s1. The Hall–Kier alpha value is -1.97. The van der Waals surface area contributed by atoms with Crippen LogP contribution in [0, 0.1) is 0 Å². The van der Waals surface area contributed by atoms with Gasteiger partial charge in [-0.25, -0.2) is 0 Å².